The van der Waals surface area contributed by atoms with Gasteiger partial charge in [-0.1, -0.05) is 36.4 Å². The van der Waals surface area contributed by atoms with E-state index in [4.69, 9.17) is 4.74 Å². The van der Waals surface area contributed by atoms with Crippen LogP contribution in [0.1, 0.15) is 5.56 Å². The topological polar surface area (TPSA) is 57.0 Å². The zero-order valence-electron chi connectivity index (χ0n) is 14.3. The molecule has 0 amide bonds. The van der Waals surface area contributed by atoms with E-state index in [-0.39, 0.29) is 5.56 Å². The van der Waals surface area contributed by atoms with Gasteiger partial charge in [0.05, 0.1) is 30.9 Å². The number of fused-ring (bicyclic) bond motifs is 1. The van der Waals surface area contributed by atoms with Gasteiger partial charge in [0.25, 0.3) is 5.56 Å². The number of methoxy groups -OCH3 is 1. The predicted octanol–water partition coefficient (Wildman–Crippen LogP) is 3.52. The smallest absolute Gasteiger partial charge is 0.261 e. The highest BCUT2D eigenvalue weighted by Crippen LogP contribution is 2.22. The van der Waals surface area contributed by atoms with Crippen molar-refractivity contribution in [1.82, 2.24) is 14.5 Å². The van der Waals surface area contributed by atoms with E-state index in [1.54, 1.807) is 30.3 Å². The van der Waals surface area contributed by atoms with Crippen LogP contribution in [0.15, 0.2) is 78.0 Å². The van der Waals surface area contributed by atoms with Gasteiger partial charge in [-0.15, -0.1) is 0 Å². The standard InChI is InChI=1S/C21H17N3O2/c1-26-20-12-17(10-11-22-20)16-8-6-15(7-9-16)13-24-14-23-19-5-3-2-4-18(19)21(24)25/h2-12,14H,13H2,1H3. The molecule has 26 heavy (non-hydrogen) atoms. The number of nitrogens with zero attached hydrogens (tertiary/aromatic N) is 3. The molecule has 0 bridgehead atoms. The van der Waals surface area contributed by atoms with Crippen LogP contribution in [0, 0.1) is 0 Å². The average Bonchev–Trinajstić information content (AvgIpc) is 2.71. The van der Waals surface area contributed by atoms with Crippen LogP contribution in [0.5, 0.6) is 5.88 Å². The molecule has 0 saturated heterocycles. The molecule has 5 heteroatoms. The van der Waals surface area contributed by atoms with Crippen LogP contribution in [0.2, 0.25) is 0 Å². The lowest BCUT2D eigenvalue weighted by Crippen LogP contribution is -2.21. The van der Waals surface area contributed by atoms with Crippen LogP contribution in [0.4, 0.5) is 0 Å². The van der Waals surface area contributed by atoms with Crippen LogP contribution in [-0.2, 0) is 6.54 Å². The molecule has 0 spiro atoms. The van der Waals surface area contributed by atoms with E-state index in [1.807, 2.05) is 54.6 Å². The normalized spacial score (nSPS) is 10.8. The maximum atomic E-state index is 12.6. The Morgan fingerprint density at radius 3 is 2.58 bits per heavy atom. The molecule has 0 atom stereocenters. The first-order valence-electron chi connectivity index (χ1n) is 8.28. The van der Waals surface area contributed by atoms with E-state index >= 15 is 0 Å². The minimum atomic E-state index is -0.0291. The molecule has 0 unspecified atom stereocenters. The van der Waals surface area contributed by atoms with Crippen LogP contribution in [-0.4, -0.2) is 21.6 Å². The van der Waals surface area contributed by atoms with E-state index in [1.165, 1.54) is 0 Å². The SMILES string of the molecule is COc1cc(-c2ccc(Cn3cnc4ccccc4c3=O)cc2)ccn1. The number of para-hydroxylation sites is 1. The van der Waals surface area contributed by atoms with Crippen molar-refractivity contribution in [3.63, 3.8) is 0 Å². The van der Waals surface area contributed by atoms with E-state index in [0.717, 1.165) is 22.2 Å². The summed E-state index contributed by atoms with van der Waals surface area (Å²) in [6, 6.07) is 19.3. The Hall–Kier alpha value is -3.47. The third kappa shape index (κ3) is 3.07. The van der Waals surface area contributed by atoms with Crippen molar-refractivity contribution >= 4 is 10.9 Å². The third-order valence-corrected chi connectivity index (χ3v) is 4.32. The van der Waals surface area contributed by atoms with Gasteiger partial charge >= 0.3 is 0 Å². The highest BCUT2D eigenvalue weighted by atomic mass is 16.5. The molecule has 0 aliphatic carbocycles. The summed E-state index contributed by atoms with van der Waals surface area (Å²) in [7, 11) is 1.60. The molecule has 2 heterocycles. The summed E-state index contributed by atoms with van der Waals surface area (Å²) in [6.45, 7) is 0.483. The largest absolute Gasteiger partial charge is 0.481 e. The van der Waals surface area contributed by atoms with Gasteiger partial charge in [-0.05, 0) is 34.9 Å². The Morgan fingerprint density at radius 2 is 1.77 bits per heavy atom. The Labute approximate surface area is 150 Å². The molecule has 0 aliphatic heterocycles. The summed E-state index contributed by atoms with van der Waals surface area (Å²) in [4.78, 5) is 21.1. The molecule has 4 aromatic rings. The van der Waals surface area contributed by atoms with Crippen molar-refractivity contribution in [1.29, 1.82) is 0 Å². The van der Waals surface area contributed by atoms with Crippen molar-refractivity contribution in [3.05, 3.63) is 89.1 Å². The monoisotopic (exact) mass is 343 g/mol. The van der Waals surface area contributed by atoms with Crippen molar-refractivity contribution in [2.75, 3.05) is 7.11 Å². The zero-order valence-corrected chi connectivity index (χ0v) is 14.3. The predicted molar refractivity (Wildman–Crippen MR) is 101 cm³/mol. The zero-order chi connectivity index (χ0) is 17.9. The molecule has 0 N–H and O–H groups in total. The lowest BCUT2D eigenvalue weighted by atomic mass is 10.0. The number of hydrogen-bond donors (Lipinski definition) is 0. The molecule has 5 nitrogen and oxygen atoms in total. The highest BCUT2D eigenvalue weighted by molar-refractivity contribution is 5.76. The lowest BCUT2D eigenvalue weighted by Gasteiger charge is -2.08. The van der Waals surface area contributed by atoms with E-state index in [2.05, 4.69) is 9.97 Å². The summed E-state index contributed by atoms with van der Waals surface area (Å²) in [5.74, 6) is 0.584. The number of ether oxygens (including phenoxy) is 1. The number of pyridine rings is 1. The summed E-state index contributed by atoms with van der Waals surface area (Å²) in [6.07, 6.45) is 3.33. The Balaban J connectivity index is 1.62. The van der Waals surface area contributed by atoms with Gasteiger partial charge in [0.1, 0.15) is 0 Å². The Kier molecular flexibility index (Phi) is 4.19. The maximum absolute atomic E-state index is 12.6. The second-order valence-electron chi connectivity index (χ2n) is 5.98. The highest BCUT2D eigenvalue weighted by Gasteiger charge is 2.05. The van der Waals surface area contributed by atoms with E-state index < -0.39 is 0 Å². The third-order valence-electron chi connectivity index (χ3n) is 4.32. The maximum Gasteiger partial charge on any atom is 0.261 e. The minimum Gasteiger partial charge on any atom is -0.481 e. The summed E-state index contributed by atoms with van der Waals surface area (Å²) < 4.78 is 6.80. The molecule has 128 valence electrons. The first-order valence-corrected chi connectivity index (χ1v) is 8.28. The number of rotatable bonds is 4. The van der Waals surface area contributed by atoms with Gasteiger partial charge in [0.2, 0.25) is 5.88 Å². The molecular weight excluding hydrogens is 326 g/mol. The first-order chi connectivity index (χ1) is 12.7. The Morgan fingerprint density at radius 1 is 0.962 bits per heavy atom. The number of benzene rings is 2. The molecule has 0 aliphatic rings. The van der Waals surface area contributed by atoms with Crippen LogP contribution < -0.4 is 10.3 Å². The number of hydrogen-bond acceptors (Lipinski definition) is 4. The van der Waals surface area contributed by atoms with Crippen molar-refractivity contribution in [2.24, 2.45) is 0 Å². The fourth-order valence-corrected chi connectivity index (χ4v) is 2.92. The molecule has 4 rings (SSSR count). The van der Waals surface area contributed by atoms with Gasteiger partial charge in [0.15, 0.2) is 0 Å². The quantitative estimate of drug-likeness (QED) is 0.569. The molecular formula is C21H17N3O2. The minimum absolute atomic E-state index is 0.0291. The van der Waals surface area contributed by atoms with Gasteiger partial charge in [0, 0.05) is 12.3 Å². The summed E-state index contributed by atoms with van der Waals surface area (Å²) >= 11 is 0. The molecule has 0 saturated carbocycles. The van der Waals surface area contributed by atoms with E-state index in [0.29, 0.717) is 17.8 Å². The summed E-state index contributed by atoms with van der Waals surface area (Å²) in [5, 5.41) is 0.635. The van der Waals surface area contributed by atoms with Gasteiger partial charge in [-0.2, -0.15) is 0 Å². The summed E-state index contributed by atoms with van der Waals surface area (Å²) in [5.41, 5.74) is 3.83. The van der Waals surface area contributed by atoms with Crippen molar-refractivity contribution in [3.8, 4) is 17.0 Å². The van der Waals surface area contributed by atoms with Crippen LogP contribution >= 0.6 is 0 Å². The van der Waals surface area contributed by atoms with E-state index in [9.17, 15) is 4.79 Å². The fraction of sp³-hybridized carbons (Fsp3) is 0.0952. The van der Waals surface area contributed by atoms with Gasteiger partial charge in [-0.25, -0.2) is 9.97 Å². The second kappa shape index (κ2) is 6.80. The molecule has 0 fully saturated rings. The number of aromatic nitrogens is 3. The van der Waals surface area contributed by atoms with Gasteiger partial charge in [-0.3, -0.25) is 9.36 Å². The fourth-order valence-electron chi connectivity index (χ4n) is 2.92. The molecule has 0 radical (unpaired) electrons. The molecule has 2 aromatic heterocycles. The van der Waals surface area contributed by atoms with Crippen molar-refractivity contribution < 1.29 is 4.74 Å². The van der Waals surface area contributed by atoms with Crippen molar-refractivity contribution in [2.45, 2.75) is 6.54 Å². The van der Waals surface area contributed by atoms with Crippen LogP contribution in [0.3, 0.4) is 0 Å². The first kappa shape index (κ1) is 16.0. The Bertz CT molecular complexity index is 1120. The second-order valence-corrected chi connectivity index (χ2v) is 5.98. The van der Waals surface area contributed by atoms with Gasteiger partial charge < -0.3 is 4.74 Å². The molecule has 2 aromatic carbocycles. The average molecular weight is 343 g/mol. The van der Waals surface area contributed by atoms with Crippen LogP contribution in [0.25, 0.3) is 22.0 Å². The lowest BCUT2D eigenvalue weighted by molar-refractivity contribution is 0.398.